The fraction of sp³-hybridized carbons (Fsp3) is 0.583. The molecule has 2 aliphatic heterocycles. The van der Waals surface area contributed by atoms with Crippen molar-refractivity contribution in [2.75, 3.05) is 38.2 Å². The van der Waals surface area contributed by atoms with Gasteiger partial charge in [0.1, 0.15) is 19.2 Å². The van der Waals surface area contributed by atoms with E-state index in [1.165, 1.54) is 18.2 Å². The van der Waals surface area contributed by atoms with E-state index in [0.29, 0.717) is 30.6 Å². The number of fused-ring (bicyclic) bond motifs is 1. The zero-order valence-electron chi connectivity index (χ0n) is 18.8. The van der Waals surface area contributed by atoms with Crippen molar-refractivity contribution in [3.8, 4) is 11.3 Å². The second-order valence-electron chi connectivity index (χ2n) is 9.98. The summed E-state index contributed by atoms with van der Waals surface area (Å²) in [6, 6.07) is 6.17. The van der Waals surface area contributed by atoms with Crippen LogP contribution in [0.2, 0.25) is 0 Å². The smallest absolute Gasteiger partial charge is 0.381 e. The van der Waals surface area contributed by atoms with Crippen molar-refractivity contribution in [1.29, 1.82) is 0 Å². The highest BCUT2D eigenvalue weighted by molar-refractivity contribution is 6.17. The normalized spacial score (nSPS) is 28.2. The summed E-state index contributed by atoms with van der Waals surface area (Å²) in [5.74, 6) is 0.389. The first kappa shape index (κ1) is 23.5. The Morgan fingerprint density at radius 2 is 1.79 bits per heavy atom. The molecule has 34 heavy (non-hydrogen) atoms. The number of nitrogens with zero attached hydrogens (tertiary/aromatic N) is 3. The number of ether oxygens (including phenoxy) is 1. The molecule has 180 valence electrons. The van der Waals surface area contributed by atoms with E-state index in [1.807, 2.05) is 0 Å². The van der Waals surface area contributed by atoms with E-state index in [0.717, 1.165) is 57.8 Å². The number of aromatic nitrogens is 2. The van der Waals surface area contributed by atoms with Crippen molar-refractivity contribution in [1.82, 2.24) is 15.1 Å². The van der Waals surface area contributed by atoms with Crippen LogP contribution in [0.3, 0.4) is 0 Å². The third-order valence-electron chi connectivity index (χ3n) is 7.35. The van der Waals surface area contributed by atoms with Gasteiger partial charge in [-0.1, -0.05) is 12.1 Å². The number of nitrogens with one attached hydrogen (secondary N) is 1. The molecular weight excluding hydrogens is 447 g/mol. The second-order valence-corrected chi connectivity index (χ2v) is 9.98. The minimum atomic E-state index is -4.66. The number of halogens is 4. The number of anilines is 1. The van der Waals surface area contributed by atoms with Gasteiger partial charge in [-0.25, -0.2) is 4.39 Å². The van der Waals surface area contributed by atoms with Gasteiger partial charge >= 0.3 is 6.18 Å². The number of benzene rings is 1. The molecule has 1 aliphatic carbocycles. The summed E-state index contributed by atoms with van der Waals surface area (Å²) < 4.78 is 60.7. The highest BCUT2D eigenvalue weighted by atomic mass is 19.4. The fourth-order valence-corrected chi connectivity index (χ4v) is 5.79. The standard InChI is InChI=1S/C24H27BF4N4O/c25-23(10-17-13-33(14-18(17)11-23)12-15-4-6-34-7-5-15)30-22-20(24(27,28)29)9-21(31-32-22)16-2-1-3-19(26)8-16/h1-3,8-9,15,17-18H,4-7,10-14H2,(H,30,32)/t17-,18+,23?. The molecule has 1 N–H and O–H groups in total. The molecule has 3 heterocycles. The van der Waals surface area contributed by atoms with E-state index < -0.39 is 23.0 Å². The third-order valence-corrected chi connectivity index (χ3v) is 7.35. The molecule has 2 saturated heterocycles. The van der Waals surface area contributed by atoms with Gasteiger partial charge in [0.15, 0.2) is 5.82 Å². The van der Waals surface area contributed by atoms with Gasteiger partial charge in [0.2, 0.25) is 0 Å². The topological polar surface area (TPSA) is 50.3 Å². The van der Waals surface area contributed by atoms with Gasteiger partial charge in [-0.3, -0.25) is 0 Å². The van der Waals surface area contributed by atoms with E-state index in [1.54, 1.807) is 0 Å². The Bertz CT molecular complexity index is 1020. The SMILES string of the molecule is [B]C1(Nc2nnc(-c3cccc(F)c3)cc2C(F)(F)F)C[C@H]2CN(CC3CCOCC3)C[C@H]2C1. The molecule has 0 amide bonds. The molecule has 1 aromatic heterocycles. The Morgan fingerprint density at radius 1 is 1.09 bits per heavy atom. The van der Waals surface area contributed by atoms with E-state index in [4.69, 9.17) is 12.6 Å². The molecule has 5 nitrogen and oxygen atoms in total. The number of rotatable bonds is 5. The summed E-state index contributed by atoms with van der Waals surface area (Å²) in [7, 11) is 6.56. The lowest BCUT2D eigenvalue weighted by atomic mass is 9.75. The fourth-order valence-electron chi connectivity index (χ4n) is 5.79. The maximum absolute atomic E-state index is 13.9. The molecule has 2 radical (unpaired) electrons. The maximum Gasteiger partial charge on any atom is 0.420 e. The average molecular weight is 474 g/mol. The highest BCUT2D eigenvalue weighted by Crippen LogP contribution is 2.45. The zero-order chi connectivity index (χ0) is 23.9. The summed E-state index contributed by atoms with van der Waals surface area (Å²) in [4.78, 5) is 2.47. The molecule has 2 aromatic rings. The minimum Gasteiger partial charge on any atom is -0.381 e. The molecule has 3 atom stereocenters. The van der Waals surface area contributed by atoms with Gasteiger partial charge in [0.05, 0.1) is 5.69 Å². The predicted molar refractivity (Wildman–Crippen MR) is 121 cm³/mol. The lowest BCUT2D eigenvalue weighted by Crippen LogP contribution is -2.40. The Morgan fingerprint density at radius 3 is 2.44 bits per heavy atom. The van der Waals surface area contributed by atoms with Gasteiger partial charge in [-0.05, 0) is 67.1 Å². The molecular formula is C24H27BF4N4O. The second kappa shape index (κ2) is 9.11. The van der Waals surface area contributed by atoms with Crippen molar-refractivity contribution in [3.05, 3.63) is 41.7 Å². The summed E-state index contributed by atoms with van der Waals surface area (Å²) >= 11 is 0. The minimum absolute atomic E-state index is 0.0458. The number of hydrogen-bond acceptors (Lipinski definition) is 5. The average Bonchev–Trinajstić information content (AvgIpc) is 3.27. The van der Waals surface area contributed by atoms with Crippen molar-refractivity contribution < 1.29 is 22.3 Å². The van der Waals surface area contributed by atoms with Crippen LogP contribution in [0.25, 0.3) is 11.3 Å². The van der Waals surface area contributed by atoms with Crippen LogP contribution in [0.1, 0.15) is 31.2 Å². The maximum atomic E-state index is 13.9. The van der Waals surface area contributed by atoms with Crippen LogP contribution < -0.4 is 5.32 Å². The van der Waals surface area contributed by atoms with Crippen LogP contribution >= 0.6 is 0 Å². The van der Waals surface area contributed by atoms with E-state index in [2.05, 4.69) is 20.4 Å². The Balaban J connectivity index is 1.29. The van der Waals surface area contributed by atoms with Crippen molar-refractivity contribution in [2.45, 2.75) is 37.3 Å². The van der Waals surface area contributed by atoms with Crippen LogP contribution in [0.5, 0.6) is 0 Å². The third kappa shape index (κ3) is 5.08. The molecule has 3 aliphatic rings. The van der Waals surface area contributed by atoms with Gasteiger partial charge in [-0.15, -0.1) is 10.2 Å². The van der Waals surface area contributed by atoms with Crippen LogP contribution in [-0.4, -0.2) is 61.2 Å². The molecule has 1 unspecified atom stereocenters. The lowest BCUT2D eigenvalue weighted by Gasteiger charge is -2.32. The van der Waals surface area contributed by atoms with Gasteiger partial charge in [0, 0.05) is 38.4 Å². The van der Waals surface area contributed by atoms with Crippen molar-refractivity contribution in [2.24, 2.45) is 17.8 Å². The van der Waals surface area contributed by atoms with Gasteiger partial charge in [0.25, 0.3) is 0 Å². The van der Waals surface area contributed by atoms with Gasteiger partial charge in [-0.2, -0.15) is 13.2 Å². The molecule has 1 saturated carbocycles. The summed E-state index contributed by atoms with van der Waals surface area (Å²) in [5, 5.41) is 10.7. The summed E-state index contributed by atoms with van der Waals surface area (Å²) in [6.45, 7) is 4.52. The summed E-state index contributed by atoms with van der Waals surface area (Å²) in [6.07, 6.45) is -1.34. The molecule has 0 bridgehead atoms. The van der Waals surface area contributed by atoms with Crippen molar-refractivity contribution in [3.63, 3.8) is 0 Å². The highest BCUT2D eigenvalue weighted by Gasteiger charge is 2.47. The summed E-state index contributed by atoms with van der Waals surface area (Å²) in [5.41, 5.74) is -1.75. The Hall–Kier alpha value is -2.20. The number of hydrogen-bond donors (Lipinski definition) is 1. The molecule has 5 rings (SSSR count). The number of alkyl halides is 3. The largest absolute Gasteiger partial charge is 0.420 e. The molecule has 3 fully saturated rings. The Kier molecular flexibility index (Phi) is 6.31. The Labute approximate surface area is 197 Å². The molecule has 10 heteroatoms. The van der Waals surface area contributed by atoms with Crippen LogP contribution in [0, 0.1) is 23.6 Å². The van der Waals surface area contributed by atoms with Crippen LogP contribution in [-0.2, 0) is 10.9 Å². The molecule has 0 spiro atoms. The first-order valence-electron chi connectivity index (χ1n) is 11.8. The van der Waals surface area contributed by atoms with E-state index in [9.17, 15) is 17.6 Å². The van der Waals surface area contributed by atoms with Crippen LogP contribution in [0.4, 0.5) is 23.4 Å². The monoisotopic (exact) mass is 474 g/mol. The van der Waals surface area contributed by atoms with Crippen molar-refractivity contribution >= 4 is 13.7 Å². The van der Waals surface area contributed by atoms with Crippen LogP contribution in [0.15, 0.2) is 30.3 Å². The quantitative estimate of drug-likeness (QED) is 0.516. The van der Waals surface area contributed by atoms with E-state index in [-0.39, 0.29) is 17.1 Å². The van der Waals surface area contributed by atoms with Gasteiger partial charge < -0.3 is 15.0 Å². The zero-order valence-corrected chi connectivity index (χ0v) is 18.8. The first-order valence-corrected chi connectivity index (χ1v) is 11.8. The van der Waals surface area contributed by atoms with E-state index >= 15 is 0 Å². The first-order chi connectivity index (χ1) is 16.2. The lowest BCUT2D eigenvalue weighted by molar-refractivity contribution is -0.137. The predicted octanol–water partition coefficient (Wildman–Crippen LogP) is 4.35. The number of likely N-dealkylation sites (tertiary alicyclic amines) is 1. The molecule has 1 aromatic carbocycles.